The van der Waals surface area contributed by atoms with E-state index in [1.54, 1.807) is 24.3 Å². The first kappa shape index (κ1) is 14.7. The van der Waals surface area contributed by atoms with E-state index in [0.29, 0.717) is 24.0 Å². The standard InChI is InChI=1S/C16H20ClNO3/c1-16(2,21-14-7-3-11(17)4-8-14)15(19)18-12-5-6-13(18)10-20-9-12/h3-4,7-8,12-13H,5-6,9-10H2,1-2H3. The van der Waals surface area contributed by atoms with E-state index in [0.717, 1.165) is 12.8 Å². The molecule has 2 fully saturated rings. The molecule has 2 atom stereocenters. The van der Waals surface area contributed by atoms with E-state index in [4.69, 9.17) is 21.1 Å². The van der Waals surface area contributed by atoms with Gasteiger partial charge in [0.15, 0.2) is 5.60 Å². The molecule has 2 unspecified atom stereocenters. The molecule has 114 valence electrons. The van der Waals surface area contributed by atoms with Gasteiger partial charge in [0.1, 0.15) is 5.75 Å². The molecule has 0 radical (unpaired) electrons. The smallest absolute Gasteiger partial charge is 0.266 e. The minimum Gasteiger partial charge on any atom is -0.478 e. The predicted molar refractivity (Wildman–Crippen MR) is 80.6 cm³/mol. The normalized spacial score (nSPS) is 25.0. The molecule has 4 nitrogen and oxygen atoms in total. The fraction of sp³-hybridized carbons (Fsp3) is 0.562. The SMILES string of the molecule is CC(C)(Oc1ccc(Cl)cc1)C(=O)N1C2CCC1COC2. The Hall–Kier alpha value is -1.26. The Kier molecular flexibility index (Phi) is 3.84. The van der Waals surface area contributed by atoms with Crippen LogP contribution in [0.4, 0.5) is 0 Å². The molecule has 0 N–H and O–H groups in total. The first-order valence-corrected chi connectivity index (χ1v) is 7.70. The van der Waals surface area contributed by atoms with Gasteiger partial charge in [0.25, 0.3) is 5.91 Å². The van der Waals surface area contributed by atoms with Gasteiger partial charge < -0.3 is 14.4 Å². The van der Waals surface area contributed by atoms with Crippen molar-refractivity contribution in [2.75, 3.05) is 13.2 Å². The molecule has 1 amide bonds. The zero-order valence-corrected chi connectivity index (χ0v) is 13.1. The second kappa shape index (κ2) is 5.50. The van der Waals surface area contributed by atoms with Crippen molar-refractivity contribution in [1.29, 1.82) is 0 Å². The van der Waals surface area contributed by atoms with Crippen molar-refractivity contribution < 1.29 is 14.3 Å². The maximum atomic E-state index is 12.9. The van der Waals surface area contributed by atoms with Crippen LogP contribution in [-0.2, 0) is 9.53 Å². The third-order valence-corrected chi connectivity index (χ3v) is 4.43. The van der Waals surface area contributed by atoms with Gasteiger partial charge in [-0.15, -0.1) is 0 Å². The lowest BCUT2D eigenvalue weighted by Crippen LogP contribution is -2.57. The Balaban J connectivity index is 1.74. The second-order valence-corrected chi connectivity index (χ2v) is 6.64. The maximum absolute atomic E-state index is 12.9. The molecule has 0 saturated carbocycles. The van der Waals surface area contributed by atoms with Crippen molar-refractivity contribution in [1.82, 2.24) is 4.90 Å². The average molecular weight is 310 g/mol. The highest BCUT2D eigenvalue weighted by molar-refractivity contribution is 6.30. The molecule has 2 heterocycles. The predicted octanol–water partition coefficient (Wildman–Crippen LogP) is 2.89. The van der Waals surface area contributed by atoms with Crippen LogP contribution in [0, 0.1) is 0 Å². The topological polar surface area (TPSA) is 38.8 Å². The summed E-state index contributed by atoms with van der Waals surface area (Å²) in [6.07, 6.45) is 2.04. The van der Waals surface area contributed by atoms with Crippen LogP contribution in [0.3, 0.4) is 0 Å². The molecular weight excluding hydrogens is 290 g/mol. The second-order valence-electron chi connectivity index (χ2n) is 6.20. The van der Waals surface area contributed by atoms with Gasteiger partial charge >= 0.3 is 0 Å². The number of benzene rings is 1. The summed E-state index contributed by atoms with van der Waals surface area (Å²) in [4.78, 5) is 14.8. The van der Waals surface area contributed by atoms with Gasteiger partial charge in [-0.05, 0) is 51.0 Å². The number of carbonyl (C=O) groups is 1. The van der Waals surface area contributed by atoms with E-state index in [1.807, 2.05) is 18.7 Å². The van der Waals surface area contributed by atoms with E-state index in [2.05, 4.69) is 0 Å². The van der Waals surface area contributed by atoms with Crippen molar-refractivity contribution in [2.45, 2.75) is 44.4 Å². The molecule has 5 heteroatoms. The monoisotopic (exact) mass is 309 g/mol. The van der Waals surface area contributed by atoms with Crippen LogP contribution in [0.2, 0.25) is 5.02 Å². The average Bonchev–Trinajstić information content (AvgIpc) is 2.69. The zero-order chi connectivity index (χ0) is 15.0. The minimum atomic E-state index is -0.897. The third-order valence-electron chi connectivity index (χ3n) is 4.18. The number of ether oxygens (including phenoxy) is 2. The molecule has 1 aromatic carbocycles. The number of rotatable bonds is 3. The highest BCUT2D eigenvalue weighted by Crippen LogP contribution is 2.32. The molecule has 0 aromatic heterocycles. The first-order valence-electron chi connectivity index (χ1n) is 7.32. The van der Waals surface area contributed by atoms with Gasteiger partial charge in [-0.3, -0.25) is 4.79 Å². The van der Waals surface area contributed by atoms with Gasteiger partial charge in [-0.1, -0.05) is 11.6 Å². The molecule has 2 saturated heterocycles. The van der Waals surface area contributed by atoms with Gasteiger partial charge in [0, 0.05) is 5.02 Å². The van der Waals surface area contributed by atoms with Crippen LogP contribution in [0.25, 0.3) is 0 Å². The first-order chi connectivity index (χ1) is 9.97. The van der Waals surface area contributed by atoms with Crippen molar-refractivity contribution >= 4 is 17.5 Å². The summed E-state index contributed by atoms with van der Waals surface area (Å²) in [6.45, 7) is 4.91. The Morgan fingerprint density at radius 3 is 2.38 bits per heavy atom. The molecule has 2 bridgehead atoms. The number of hydrogen-bond donors (Lipinski definition) is 0. The van der Waals surface area contributed by atoms with Gasteiger partial charge in [-0.2, -0.15) is 0 Å². The molecule has 0 aliphatic carbocycles. The molecule has 1 aromatic rings. The fourth-order valence-corrected chi connectivity index (χ4v) is 3.24. The molecular formula is C16H20ClNO3. The number of nitrogens with zero attached hydrogens (tertiary/aromatic N) is 1. The van der Waals surface area contributed by atoms with Crippen molar-refractivity contribution in [3.05, 3.63) is 29.3 Å². The number of morpholine rings is 1. The van der Waals surface area contributed by atoms with Gasteiger partial charge in [-0.25, -0.2) is 0 Å². The van der Waals surface area contributed by atoms with E-state index in [-0.39, 0.29) is 18.0 Å². The van der Waals surface area contributed by atoms with E-state index >= 15 is 0 Å². The van der Waals surface area contributed by atoms with E-state index in [1.165, 1.54) is 0 Å². The van der Waals surface area contributed by atoms with Crippen LogP contribution in [0.1, 0.15) is 26.7 Å². The quantitative estimate of drug-likeness (QED) is 0.862. The molecule has 0 spiro atoms. The summed E-state index contributed by atoms with van der Waals surface area (Å²) in [5.74, 6) is 0.687. The lowest BCUT2D eigenvalue weighted by molar-refractivity contribution is -0.155. The van der Waals surface area contributed by atoms with Crippen LogP contribution in [0.15, 0.2) is 24.3 Å². The van der Waals surface area contributed by atoms with E-state index < -0.39 is 5.60 Å². The van der Waals surface area contributed by atoms with Gasteiger partial charge in [0.05, 0.1) is 25.3 Å². The minimum absolute atomic E-state index is 0.0354. The summed E-state index contributed by atoms with van der Waals surface area (Å²) in [5, 5.41) is 0.651. The van der Waals surface area contributed by atoms with Crippen LogP contribution in [-0.4, -0.2) is 41.7 Å². The van der Waals surface area contributed by atoms with Crippen LogP contribution in [0.5, 0.6) is 5.75 Å². The number of amides is 1. The molecule has 3 rings (SSSR count). The highest BCUT2D eigenvalue weighted by Gasteiger charge is 2.46. The molecule has 21 heavy (non-hydrogen) atoms. The number of carbonyl (C=O) groups excluding carboxylic acids is 1. The highest BCUT2D eigenvalue weighted by atomic mass is 35.5. The van der Waals surface area contributed by atoms with Gasteiger partial charge in [0.2, 0.25) is 0 Å². The summed E-state index contributed by atoms with van der Waals surface area (Å²) >= 11 is 5.87. The largest absolute Gasteiger partial charge is 0.478 e. The summed E-state index contributed by atoms with van der Waals surface area (Å²) < 4.78 is 11.4. The molecule has 2 aliphatic heterocycles. The summed E-state index contributed by atoms with van der Waals surface area (Å²) in [6, 6.07) is 7.48. The number of halogens is 1. The summed E-state index contributed by atoms with van der Waals surface area (Å²) in [5.41, 5.74) is -0.897. The Bertz CT molecular complexity index is 513. The zero-order valence-electron chi connectivity index (χ0n) is 12.3. The molecule has 2 aliphatic rings. The van der Waals surface area contributed by atoms with E-state index in [9.17, 15) is 4.79 Å². The summed E-state index contributed by atoms with van der Waals surface area (Å²) in [7, 11) is 0. The third kappa shape index (κ3) is 2.87. The number of hydrogen-bond acceptors (Lipinski definition) is 3. The lowest BCUT2D eigenvalue weighted by Gasteiger charge is -2.39. The fourth-order valence-electron chi connectivity index (χ4n) is 3.11. The van der Waals surface area contributed by atoms with Crippen molar-refractivity contribution in [2.24, 2.45) is 0 Å². The van der Waals surface area contributed by atoms with Crippen LogP contribution < -0.4 is 4.74 Å². The van der Waals surface area contributed by atoms with Crippen molar-refractivity contribution in [3.8, 4) is 5.75 Å². The van der Waals surface area contributed by atoms with Crippen molar-refractivity contribution in [3.63, 3.8) is 0 Å². The Labute approximate surface area is 130 Å². The maximum Gasteiger partial charge on any atom is 0.266 e. The Morgan fingerprint density at radius 2 is 1.81 bits per heavy atom. The Morgan fingerprint density at radius 1 is 1.24 bits per heavy atom. The number of fused-ring (bicyclic) bond motifs is 2. The van der Waals surface area contributed by atoms with Crippen LogP contribution >= 0.6 is 11.6 Å². The lowest BCUT2D eigenvalue weighted by atomic mass is 10.1.